The number of rotatable bonds is 2. The van der Waals surface area contributed by atoms with E-state index in [2.05, 4.69) is 10.2 Å². The summed E-state index contributed by atoms with van der Waals surface area (Å²) >= 11 is 0. The zero-order chi connectivity index (χ0) is 14.3. The molecule has 0 saturated heterocycles. The lowest BCUT2D eigenvalue weighted by Crippen LogP contribution is -2.39. The van der Waals surface area contributed by atoms with Gasteiger partial charge in [0.25, 0.3) is 5.89 Å². The molecule has 8 nitrogen and oxygen atoms in total. The molecular weight excluding hydrogens is 286 g/mol. The molecule has 0 aliphatic carbocycles. The maximum Gasteiger partial charge on any atom is 0.434 e. The molecule has 0 bridgehead atoms. The number of nitrogens with one attached hydrogen (secondary N) is 1. The molecule has 9 heteroatoms. The molecule has 0 spiro atoms. The maximum absolute atomic E-state index is 11.9. The van der Waals surface area contributed by atoms with Gasteiger partial charge in [-0.15, -0.1) is 5.10 Å². The van der Waals surface area contributed by atoms with Crippen molar-refractivity contribution in [3.05, 3.63) is 40.7 Å². The van der Waals surface area contributed by atoms with E-state index in [1.165, 1.54) is 4.31 Å². The number of para-hydroxylation sites is 2. The SMILES string of the molecule is CS(=O)(=O)N1C[C@H](c2n[nH]c(=O)o2)Oc2ccccc21. The van der Waals surface area contributed by atoms with Crippen LogP contribution in [0.15, 0.2) is 33.5 Å². The lowest BCUT2D eigenvalue weighted by atomic mass is 10.2. The number of ether oxygens (including phenoxy) is 1. The van der Waals surface area contributed by atoms with Gasteiger partial charge in [-0.2, -0.15) is 0 Å². The van der Waals surface area contributed by atoms with Crippen LogP contribution in [-0.4, -0.2) is 31.4 Å². The van der Waals surface area contributed by atoms with Crippen LogP contribution in [0, 0.1) is 0 Å². The molecule has 1 aromatic heterocycles. The maximum atomic E-state index is 11.9. The molecule has 20 heavy (non-hydrogen) atoms. The summed E-state index contributed by atoms with van der Waals surface area (Å²) in [5, 5.41) is 5.80. The quantitative estimate of drug-likeness (QED) is 0.852. The van der Waals surface area contributed by atoms with Gasteiger partial charge < -0.3 is 9.15 Å². The Morgan fingerprint density at radius 1 is 1.40 bits per heavy atom. The van der Waals surface area contributed by atoms with E-state index in [0.29, 0.717) is 11.4 Å². The molecule has 106 valence electrons. The second kappa shape index (κ2) is 4.37. The Balaban J connectivity index is 2.07. The normalized spacial score (nSPS) is 18.4. The van der Waals surface area contributed by atoms with Crippen molar-refractivity contribution >= 4 is 15.7 Å². The van der Waals surface area contributed by atoms with Gasteiger partial charge in [-0.05, 0) is 12.1 Å². The van der Waals surface area contributed by atoms with Gasteiger partial charge in [-0.1, -0.05) is 12.1 Å². The first-order valence-corrected chi connectivity index (χ1v) is 7.59. The van der Waals surface area contributed by atoms with E-state index >= 15 is 0 Å². The molecule has 1 aliphatic heterocycles. The summed E-state index contributed by atoms with van der Waals surface area (Å²) in [6, 6.07) is 6.73. The molecule has 0 saturated carbocycles. The van der Waals surface area contributed by atoms with Crippen molar-refractivity contribution in [3.63, 3.8) is 0 Å². The summed E-state index contributed by atoms with van der Waals surface area (Å²) in [5.41, 5.74) is 0.448. The van der Waals surface area contributed by atoms with E-state index in [-0.39, 0.29) is 12.4 Å². The Hall–Kier alpha value is -2.29. The summed E-state index contributed by atoms with van der Waals surface area (Å²) in [7, 11) is -3.48. The Labute approximate surface area is 114 Å². The summed E-state index contributed by atoms with van der Waals surface area (Å²) in [6.45, 7) is -0.0103. The van der Waals surface area contributed by atoms with Crippen molar-refractivity contribution in [3.8, 4) is 5.75 Å². The van der Waals surface area contributed by atoms with Crippen LogP contribution < -0.4 is 14.8 Å². The van der Waals surface area contributed by atoms with Crippen molar-refractivity contribution in [2.75, 3.05) is 17.1 Å². The molecule has 1 aliphatic rings. The number of aromatic nitrogens is 2. The van der Waals surface area contributed by atoms with E-state index in [0.717, 1.165) is 6.26 Å². The number of aromatic amines is 1. The van der Waals surface area contributed by atoms with Gasteiger partial charge in [-0.25, -0.2) is 18.3 Å². The van der Waals surface area contributed by atoms with Gasteiger partial charge >= 0.3 is 5.76 Å². The first-order chi connectivity index (χ1) is 9.45. The largest absolute Gasteiger partial charge is 0.476 e. The first kappa shape index (κ1) is 12.7. The standard InChI is InChI=1S/C11H11N3O5S/c1-20(16,17)14-6-9(10-12-13-11(15)19-10)18-8-5-3-2-4-7(8)14/h2-5,9H,6H2,1H3,(H,13,15)/t9-/m1/s1. The molecule has 0 fully saturated rings. The molecule has 3 rings (SSSR count). The topological polar surface area (TPSA) is 106 Å². The smallest absolute Gasteiger partial charge is 0.434 e. The predicted molar refractivity (Wildman–Crippen MR) is 69.1 cm³/mol. The van der Waals surface area contributed by atoms with Gasteiger partial charge in [0.15, 0.2) is 6.10 Å². The van der Waals surface area contributed by atoms with Gasteiger partial charge in [0, 0.05) is 0 Å². The number of hydrogen-bond donors (Lipinski definition) is 1. The van der Waals surface area contributed by atoms with Crippen LogP contribution in [0.2, 0.25) is 0 Å². The van der Waals surface area contributed by atoms with E-state index < -0.39 is 21.9 Å². The number of benzene rings is 1. The fourth-order valence-electron chi connectivity index (χ4n) is 2.02. The third-order valence-corrected chi connectivity index (χ3v) is 4.01. The highest BCUT2D eigenvalue weighted by atomic mass is 32.2. The van der Waals surface area contributed by atoms with Crippen LogP contribution in [0.3, 0.4) is 0 Å². The zero-order valence-corrected chi connectivity index (χ0v) is 11.3. The number of fused-ring (bicyclic) bond motifs is 1. The fourth-order valence-corrected chi connectivity index (χ4v) is 2.94. The van der Waals surface area contributed by atoms with Crippen LogP contribution in [0.4, 0.5) is 5.69 Å². The number of sulfonamides is 1. The Kier molecular flexibility index (Phi) is 2.78. The predicted octanol–water partition coefficient (Wildman–Crippen LogP) is 0.263. The number of nitrogens with zero attached hydrogens (tertiary/aromatic N) is 2. The Bertz CT molecular complexity index is 794. The van der Waals surface area contributed by atoms with Gasteiger partial charge in [0.1, 0.15) is 5.75 Å². The molecule has 1 aromatic carbocycles. The lowest BCUT2D eigenvalue weighted by Gasteiger charge is -2.32. The Morgan fingerprint density at radius 2 is 2.15 bits per heavy atom. The highest BCUT2D eigenvalue weighted by Crippen LogP contribution is 2.38. The molecule has 1 atom stereocenters. The van der Waals surface area contributed by atoms with Gasteiger partial charge in [0.2, 0.25) is 10.0 Å². The molecule has 0 unspecified atom stereocenters. The third-order valence-electron chi connectivity index (χ3n) is 2.87. The minimum atomic E-state index is -3.48. The van der Waals surface area contributed by atoms with E-state index in [1.54, 1.807) is 24.3 Å². The molecule has 0 radical (unpaired) electrons. The van der Waals surface area contributed by atoms with Crippen LogP contribution in [-0.2, 0) is 10.0 Å². The molecule has 2 aromatic rings. The van der Waals surface area contributed by atoms with Crippen LogP contribution in [0.5, 0.6) is 5.75 Å². The van der Waals surface area contributed by atoms with E-state index in [4.69, 9.17) is 9.15 Å². The average Bonchev–Trinajstić information content (AvgIpc) is 2.83. The third kappa shape index (κ3) is 2.16. The first-order valence-electron chi connectivity index (χ1n) is 5.74. The van der Waals surface area contributed by atoms with Crippen molar-refractivity contribution in [1.82, 2.24) is 10.2 Å². The van der Waals surface area contributed by atoms with Crippen LogP contribution >= 0.6 is 0 Å². The summed E-state index contributed by atoms with van der Waals surface area (Å²) in [4.78, 5) is 11.0. The second-order valence-electron chi connectivity index (χ2n) is 4.32. The van der Waals surface area contributed by atoms with Crippen molar-refractivity contribution in [2.24, 2.45) is 0 Å². The summed E-state index contributed by atoms with van der Waals surface area (Å²) in [6.07, 6.45) is 0.325. The van der Waals surface area contributed by atoms with E-state index in [9.17, 15) is 13.2 Å². The minimum Gasteiger partial charge on any atom is -0.476 e. The average molecular weight is 297 g/mol. The van der Waals surface area contributed by atoms with Crippen LogP contribution in [0.25, 0.3) is 0 Å². The number of H-pyrrole nitrogens is 1. The van der Waals surface area contributed by atoms with Crippen molar-refractivity contribution in [2.45, 2.75) is 6.10 Å². The molecular formula is C11H11N3O5S. The lowest BCUT2D eigenvalue weighted by molar-refractivity contribution is 0.167. The minimum absolute atomic E-state index is 0.0103. The highest BCUT2D eigenvalue weighted by Gasteiger charge is 2.34. The molecule has 2 heterocycles. The van der Waals surface area contributed by atoms with Crippen LogP contribution in [0.1, 0.15) is 12.0 Å². The monoisotopic (exact) mass is 297 g/mol. The van der Waals surface area contributed by atoms with Crippen molar-refractivity contribution < 1.29 is 17.6 Å². The highest BCUT2D eigenvalue weighted by molar-refractivity contribution is 7.92. The molecule has 0 amide bonds. The van der Waals surface area contributed by atoms with Crippen molar-refractivity contribution in [1.29, 1.82) is 0 Å². The fraction of sp³-hybridized carbons (Fsp3) is 0.273. The van der Waals surface area contributed by atoms with Gasteiger partial charge in [0.05, 0.1) is 18.5 Å². The summed E-state index contributed by atoms with van der Waals surface area (Å²) in [5.74, 6) is -0.314. The number of anilines is 1. The molecule has 1 N–H and O–H groups in total. The van der Waals surface area contributed by atoms with Gasteiger partial charge in [-0.3, -0.25) is 4.31 Å². The second-order valence-corrected chi connectivity index (χ2v) is 6.23. The van der Waals surface area contributed by atoms with E-state index in [1.807, 2.05) is 0 Å². The zero-order valence-electron chi connectivity index (χ0n) is 10.4. The number of hydrogen-bond acceptors (Lipinski definition) is 6. The Morgan fingerprint density at radius 3 is 2.80 bits per heavy atom. The summed E-state index contributed by atoms with van der Waals surface area (Å²) < 4.78 is 35.4.